The maximum Gasteiger partial charge on any atom is 0.123 e. The lowest BCUT2D eigenvalue weighted by Gasteiger charge is -2.02. The summed E-state index contributed by atoms with van der Waals surface area (Å²) in [6.45, 7) is 1.87. The van der Waals surface area contributed by atoms with Crippen molar-refractivity contribution in [1.29, 1.82) is 0 Å². The molecule has 1 N–H and O–H groups in total. The van der Waals surface area contributed by atoms with Gasteiger partial charge in [0.1, 0.15) is 12.0 Å². The number of carbonyl (C=O) groups excluding carboxylic acids is 1. The number of hydrogen-bond acceptors (Lipinski definition) is 2. The SMILES string of the molecule is C[C@@H](C=O)Cc1ccc(O)cc1. The largest absolute Gasteiger partial charge is 0.508 e. The predicted octanol–water partition coefficient (Wildman–Crippen LogP) is 1.77. The van der Waals surface area contributed by atoms with Gasteiger partial charge in [0.05, 0.1) is 0 Å². The summed E-state index contributed by atoms with van der Waals surface area (Å²) in [5, 5.41) is 8.98. The number of carbonyl (C=O) groups is 1. The number of aldehydes is 1. The van der Waals surface area contributed by atoms with Gasteiger partial charge in [0.2, 0.25) is 0 Å². The quantitative estimate of drug-likeness (QED) is 0.691. The Kier molecular flexibility index (Phi) is 2.86. The van der Waals surface area contributed by atoms with E-state index in [0.29, 0.717) is 0 Å². The average molecular weight is 164 g/mol. The molecule has 0 saturated carbocycles. The molecule has 0 spiro atoms. The van der Waals surface area contributed by atoms with Crippen LogP contribution in [0.2, 0.25) is 0 Å². The fraction of sp³-hybridized carbons (Fsp3) is 0.300. The number of phenols is 1. The first-order chi connectivity index (χ1) is 5.72. The van der Waals surface area contributed by atoms with Crippen molar-refractivity contribution in [2.45, 2.75) is 13.3 Å². The van der Waals surface area contributed by atoms with Gasteiger partial charge in [0, 0.05) is 5.92 Å². The molecule has 2 heteroatoms. The Balaban J connectivity index is 2.64. The van der Waals surface area contributed by atoms with Gasteiger partial charge < -0.3 is 9.90 Å². The van der Waals surface area contributed by atoms with Gasteiger partial charge in [-0.1, -0.05) is 19.1 Å². The summed E-state index contributed by atoms with van der Waals surface area (Å²) in [6, 6.07) is 6.92. The molecular formula is C10H12O2. The molecule has 0 aliphatic rings. The van der Waals surface area contributed by atoms with Crippen LogP contribution in [0.25, 0.3) is 0 Å². The molecule has 0 aliphatic carbocycles. The molecule has 12 heavy (non-hydrogen) atoms. The van der Waals surface area contributed by atoms with Crippen LogP contribution in [-0.4, -0.2) is 11.4 Å². The van der Waals surface area contributed by atoms with Gasteiger partial charge in [0.15, 0.2) is 0 Å². The van der Waals surface area contributed by atoms with Crippen LogP contribution in [0.5, 0.6) is 5.75 Å². The first-order valence-electron chi connectivity index (χ1n) is 3.95. The number of aromatic hydroxyl groups is 1. The summed E-state index contributed by atoms with van der Waals surface area (Å²) < 4.78 is 0. The van der Waals surface area contributed by atoms with Gasteiger partial charge >= 0.3 is 0 Å². The van der Waals surface area contributed by atoms with E-state index in [1.165, 1.54) is 0 Å². The zero-order chi connectivity index (χ0) is 8.97. The highest BCUT2D eigenvalue weighted by Gasteiger charge is 2.00. The highest BCUT2D eigenvalue weighted by molar-refractivity contribution is 5.53. The third kappa shape index (κ3) is 2.38. The third-order valence-electron chi connectivity index (χ3n) is 1.73. The molecule has 0 aliphatic heterocycles. The van der Waals surface area contributed by atoms with Crippen molar-refractivity contribution in [2.24, 2.45) is 5.92 Å². The van der Waals surface area contributed by atoms with Crippen LogP contribution in [0.4, 0.5) is 0 Å². The second kappa shape index (κ2) is 3.90. The second-order valence-electron chi connectivity index (χ2n) is 2.98. The molecule has 1 atom stereocenters. The van der Waals surface area contributed by atoms with Crippen LogP contribution in [0.3, 0.4) is 0 Å². The van der Waals surface area contributed by atoms with Gasteiger partial charge in [-0.25, -0.2) is 0 Å². The first-order valence-corrected chi connectivity index (χ1v) is 3.95. The van der Waals surface area contributed by atoms with E-state index in [2.05, 4.69) is 0 Å². The van der Waals surface area contributed by atoms with Crippen molar-refractivity contribution < 1.29 is 9.90 Å². The molecule has 0 radical (unpaired) electrons. The Morgan fingerprint density at radius 3 is 2.50 bits per heavy atom. The third-order valence-corrected chi connectivity index (χ3v) is 1.73. The minimum atomic E-state index is 0.0505. The summed E-state index contributed by atoms with van der Waals surface area (Å²) in [4.78, 5) is 10.3. The molecule has 2 nitrogen and oxygen atoms in total. The lowest BCUT2D eigenvalue weighted by atomic mass is 10.0. The van der Waals surface area contributed by atoms with E-state index in [4.69, 9.17) is 5.11 Å². The number of phenolic OH excluding ortho intramolecular Hbond substituents is 1. The van der Waals surface area contributed by atoms with E-state index in [1.807, 2.05) is 19.1 Å². The Hall–Kier alpha value is -1.31. The number of benzene rings is 1. The van der Waals surface area contributed by atoms with Gasteiger partial charge in [-0.2, -0.15) is 0 Å². The van der Waals surface area contributed by atoms with E-state index in [1.54, 1.807) is 12.1 Å². The van der Waals surface area contributed by atoms with Crippen molar-refractivity contribution in [3.8, 4) is 5.75 Å². The minimum Gasteiger partial charge on any atom is -0.508 e. The number of rotatable bonds is 3. The maximum absolute atomic E-state index is 10.3. The summed E-state index contributed by atoms with van der Waals surface area (Å²) in [6.07, 6.45) is 1.68. The van der Waals surface area contributed by atoms with E-state index in [9.17, 15) is 4.79 Å². The topological polar surface area (TPSA) is 37.3 Å². The Bertz CT molecular complexity index is 251. The molecule has 0 saturated heterocycles. The maximum atomic E-state index is 10.3. The van der Waals surface area contributed by atoms with Crippen LogP contribution < -0.4 is 0 Å². The molecule has 0 unspecified atom stereocenters. The van der Waals surface area contributed by atoms with Crippen LogP contribution in [0.15, 0.2) is 24.3 Å². The van der Waals surface area contributed by atoms with E-state index >= 15 is 0 Å². The van der Waals surface area contributed by atoms with Crippen LogP contribution in [-0.2, 0) is 11.2 Å². The molecular weight excluding hydrogens is 152 g/mol. The fourth-order valence-electron chi connectivity index (χ4n) is 1.05. The summed E-state index contributed by atoms with van der Waals surface area (Å²) in [7, 11) is 0. The van der Waals surface area contributed by atoms with Crippen LogP contribution >= 0.6 is 0 Å². The summed E-state index contributed by atoms with van der Waals surface area (Å²) in [5.41, 5.74) is 1.08. The average Bonchev–Trinajstić information content (AvgIpc) is 2.09. The predicted molar refractivity (Wildman–Crippen MR) is 47.0 cm³/mol. The van der Waals surface area contributed by atoms with Gasteiger partial charge in [0.25, 0.3) is 0 Å². The van der Waals surface area contributed by atoms with Gasteiger partial charge in [-0.15, -0.1) is 0 Å². The highest BCUT2D eigenvalue weighted by Crippen LogP contribution is 2.12. The second-order valence-corrected chi connectivity index (χ2v) is 2.98. The molecule has 64 valence electrons. The van der Waals surface area contributed by atoms with Crippen molar-refractivity contribution in [3.05, 3.63) is 29.8 Å². The smallest absolute Gasteiger partial charge is 0.123 e. The van der Waals surface area contributed by atoms with Gasteiger partial charge in [-0.05, 0) is 24.1 Å². The molecule has 1 aromatic rings. The molecule has 0 amide bonds. The standard InChI is InChI=1S/C10H12O2/c1-8(7-11)6-9-2-4-10(12)5-3-9/h2-5,7-8,12H,6H2,1H3/t8-/m1/s1. The number of hydrogen-bond donors (Lipinski definition) is 1. The lowest BCUT2D eigenvalue weighted by molar-refractivity contribution is -0.110. The minimum absolute atomic E-state index is 0.0505. The monoisotopic (exact) mass is 164 g/mol. The molecule has 0 heterocycles. The van der Waals surface area contributed by atoms with E-state index in [-0.39, 0.29) is 11.7 Å². The lowest BCUT2D eigenvalue weighted by Crippen LogP contribution is -1.99. The molecule has 0 aromatic heterocycles. The zero-order valence-electron chi connectivity index (χ0n) is 7.03. The van der Waals surface area contributed by atoms with Gasteiger partial charge in [-0.3, -0.25) is 0 Å². The van der Waals surface area contributed by atoms with Crippen LogP contribution in [0, 0.1) is 5.92 Å². The van der Waals surface area contributed by atoms with Crippen molar-refractivity contribution in [2.75, 3.05) is 0 Å². The fourth-order valence-corrected chi connectivity index (χ4v) is 1.05. The summed E-state index contributed by atoms with van der Waals surface area (Å²) >= 11 is 0. The first kappa shape index (κ1) is 8.78. The van der Waals surface area contributed by atoms with E-state index in [0.717, 1.165) is 18.3 Å². The molecule has 0 fully saturated rings. The molecule has 1 rings (SSSR count). The molecule has 1 aromatic carbocycles. The normalized spacial score (nSPS) is 12.4. The van der Waals surface area contributed by atoms with Crippen molar-refractivity contribution in [3.63, 3.8) is 0 Å². The molecule has 0 bridgehead atoms. The van der Waals surface area contributed by atoms with Crippen molar-refractivity contribution >= 4 is 6.29 Å². The zero-order valence-corrected chi connectivity index (χ0v) is 7.03. The Morgan fingerprint density at radius 2 is 2.00 bits per heavy atom. The summed E-state index contributed by atoms with van der Waals surface area (Å²) in [5.74, 6) is 0.312. The Morgan fingerprint density at radius 1 is 1.42 bits per heavy atom. The van der Waals surface area contributed by atoms with Crippen molar-refractivity contribution in [1.82, 2.24) is 0 Å². The van der Waals surface area contributed by atoms with Crippen LogP contribution in [0.1, 0.15) is 12.5 Å². The Labute approximate surface area is 71.8 Å². The highest BCUT2D eigenvalue weighted by atomic mass is 16.3. The van der Waals surface area contributed by atoms with E-state index < -0.39 is 0 Å².